The Morgan fingerprint density at radius 1 is 1.21 bits per heavy atom. The van der Waals surface area contributed by atoms with E-state index < -0.39 is 6.29 Å². The maximum atomic E-state index is 12.9. The van der Waals surface area contributed by atoms with E-state index in [1.165, 1.54) is 12.8 Å². The summed E-state index contributed by atoms with van der Waals surface area (Å²) in [5.41, 5.74) is 0.981. The highest BCUT2D eigenvalue weighted by Gasteiger charge is 2.43. The molecule has 0 radical (unpaired) electrons. The first kappa shape index (κ1) is 12.7. The molecule has 0 unspecified atom stereocenters. The van der Waals surface area contributed by atoms with Gasteiger partial charge in [-0.25, -0.2) is 0 Å². The van der Waals surface area contributed by atoms with Crippen molar-refractivity contribution in [2.24, 2.45) is 5.92 Å². The maximum absolute atomic E-state index is 12.9. The number of fused-ring (bicyclic) bond motifs is 1. The van der Waals surface area contributed by atoms with Gasteiger partial charge in [-0.3, -0.25) is 4.90 Å². The van der Waals surface area contributed by atoms with Crippen LogP contribution in [0, 0.1) is 5.92 Å². The highest BCUT2D eigenvalue weighted by molar-refractivity contribution is 5.45. The lowest BCUT2D eigenvalue weighted by Gasteiger charge is -2.30. The van der Waals surface area contributed by atoms with Crippen molar-refractivity contribution in [3.8, 4) is 11.5 Å². The smallest absolute Gasteiger partial charge is 0.395 e. The van der Waals surface area contributed by atoms with E-state index in [0.29, 0.717) is 0 Å². The fourth-order valence-corrected chi connectivity index (χ4v) is 2.57. The zero-order valence-corrected chi connectivity index (χ0v) is 10.9. The van der Waals surface area contributed by atoms with Crippen LogP contribution in [0.25, 0.3) is 0 Å². The minimum absolute atomic E-state index is 0.112. The molecule has 0 atom stereocenters. The Hall–Kier alpha value is -1.36. The van der Waals surface area contributed by atoms with Gasteiger partial charge in [0.2, 0.25) is 0 Å². The first-order valence-electron chi connectivity index (χ1n) is 6.63. The molecule has 0 bridgehead atoms. The van der Waals surface area contributed by atoms with E-state index in [9.17, 15) is 8.78 Å². The van der Waals surface area contributed by atoms with Crippen molar-refractivity contribution < 1.29 is 18.3 Å². The number of alkyl halides is 2. The number of hydrogen-bond donors (Lipinski definition) is 0. The van der Waals surface area contributed by atoms with Gasteiger partial charge in [-0.15, -0.1) is 8.78 Å². The molecule has 2 heterocycles. The Kier molecular flexibility index (Phi) is 3.09. The predicted molar refractivity (Wildman–Crippen MR) is 66.3 cm³/mol. The summed E-state index contributed by atoms with van der Waals surface area (Å²) < 4.78 is 34.7. The average Bonchev–Trinajstić information content (AvgIpc) is 2.65. The molecule has 104 valence electrons. The monoisotopic (exact) mass is 269 g/mol. The number of rotatable bonds is 2. The van der Waals surface area contributed by atoms with Crippen LogP contribution >= 0.6 is 0 Å². The fraction of sp³-hybridized carbons (Fsp3) is 0.571. The van der Waals surface area contributed by atoms with Crippen LogP contribution in [0.3, 0.4) is 0 Å². The van der Waals surface area contributed by atoms with Crippen LogP contribution in [0.2, 0.25) is 0 Å². The molecule has 3 nitrogen and oxygen atoms in total. The molecule has 0 aliphatic carbocycles. The molecule has 0 saturated carbocycles. The summed E-state index contributed by atoms with van der Waals surface area (Å²) in [5.74, 6) is 1.03. The van der Waals surface area contributed by atoms with Crippen molar-refractivity contribution in [3.63, 3.8) is 0 Å². The summed E-state index contributed by atoms with van der Waals surface area (Å²) in [6.45, 7) is 5.16. The van der Waals surface area contributed by atoms with Gasteiger partial charge in [0.1, 0.15) is 0 Å². The van der Waals surface area contributed by atoms with Gasteiger partial charge in [-0.2, -0.15) is 0 Å². The van der Waals surface area contributed by atoms with Crippen LogP contribution in [0.15, 0.2) is 18.2 Å². The first-order chi connectivity index (χ1) is 9.02. The van der Waals surface area contributed by atoms with Crippen LogP contribution in [-0.2, 0) is 6.54 Å². The zero-order chi connectivity index (χ0) is 13.5. The molecule has 5 heteroatoms. The lowest BCUT2D eigenvalue weighted by molar-refractivity contribution is -0.286. The molecule has 0 spiro atoms. The molecule has 1 saturated heterocycles. The van der Waals surface area contributed by atoms with Gasteiger partial charge in [0.15, 0.2) is 11.5 Å². The Morgan fingerprint density at radius 2 is 1.89 bits per heavy atom. The number of halogens is 2. The van der Waals surface area contributed by atoms with Crippen molar-refractivity contribution in [1.82, 2.24) is 4.90 Å². The molecular weight excluding hydrogens is 252 g/mol. The Bertz CT molecular complexity index is 471. The normalized spacial score (nSPS) is 22.7. The van der Waals surface area contributed by atoms with Crippen molar-refractivity contribution in [1.29, 1.82) is 0 Å². The molecule has 1 aromatic rings. The topological polar surface area (TPSA) is 21.7 Å². The van der Waals surface area contributed by atoms with Gasteiger partial charge in [-0.05, 0) is 49.5 Å². The van der Waals surface area contributed by atoms with E-state index in [1.54, 1.807) is 12.1 Å². The molecule has 19 heavy (non-hydrogen) atoms. The quantitative estimate of drug-likeness (QED) is 0.822. The minimum Gasteiger partial charge on any atom is -0.395 e. The van der Waals surface area contributed by atoms with Gasteiger partial charge in [-0.1, -0.05) is 13.0 Å². The summed E-state index contributed by atoms with van der Waals surface area (Å²) in [6.07, 6.45) is -1.13. The van der Waals surface area contributed by atoms with Crippen molar-refractivity contribution >= 4 is 0 Å². The number of piperidine rings is 1. The molecule has 1 aromatic carbocycles. The molecule has 1 fully saturated rings. The number of nitrogens with zero attached hydrogens (tertiary/aromatic N) is 1. The maximum Gasteiger partial charge on any atom is 0.586 e. The number of ether oxygens (including phenoxy) is 2. The largest absolute Gasteiger partial charge is 0.586 e. The van der Waals surface area contributed by atoms with Crippen LogP contribution in [0.1, 0.15) is 25.3 Å². The third-order valence-electron chi connectivity index (χ3n) is 3.75. The second-order valence-corrected chi connectivity index (χ2v) is 5.41. The van der Waals surface area contributed by atoms with Gasteiger partial charge >= 0.3 is 6.29 Å². The third-order valence-corrected chi connectivity index (χ3v) is 3.75. The predicted octanol–water partition coefficient (Wildman–Crippen LogP) is 3.24. The second kappa shape index (κ2) is 4.63. The van der Waals surface area contributed by atoms with Gasteiger partial charge < -0.3 is 9.47 Å². The van der Waals surface area contributed by atoms with Gasteiger partial charge in [0.05, 0.1) is 0 Å². The third kappa shape index (κ3) is 2.81. The standard InChI is InChI=1S/C14H17F2NO2/c1-10-4-6-17(7-5-10)9-11-2-3-12-13(8-11)19-14(15,16)18-12/h2-3,8,10H,4-7,9H2,1H3. The number of likely N-dealkylation sites (tertiary alicyclic amines) is 1. The number of hydrogen-bond acceptors (Lipinski definition) is 3. The van der Waals surface area contributed by atoms with Crippen LogP contribution in [-0.4, -0.2) is 24.3 Å². The molecule has 0 aromatic heterocycles. The van der Waals surface area contributed by atoms with Crippen molar-refractivity contribution in [2.45, 2.75) is 32.6 Å². The molecule has 2 aliphatic rings. The minimum atomic E-state index is -3.53. The zero-order valence-electron chi connectivity index (χ0n) is 10.9. The molecule has 0 N–H and O–H groups in total. The number of benzene rings is 1. The van der Waals surface area contributed by atoms with Crippen molar-refractivity contribution in [2.75, 3.05) is 13.1 Å². The van der Waals surface area contributed by atoms with E-state index >= 15 is 0 Å². The highest BCUT2D eigenvalue weighted by Crippen LogP contribution is 2.41. The fourth-order valence-electron chi connectivity index (χ4n) is 2.57. The van der Waals surface area contributed by atoms with Crippen LogP contribution < -0.4 is 9.47 Å². The Balaban J connectivity index is 1.67. The van der Waals surface area contributed by atoms with E-state index in [2.05, 4.69) is 21.3 Å². The molecular formula is C14H17F2NO2. The van der Waals surface area contributed by atoms with Crippen LogP contribution in [0.4, 0.5) is 8.78 Å². The summed E-state index contributed by atoms with van der Waals surface area (Å²) in [5, 5.41) is 0. The first-order valence-corrected chi connectivity index (χ1v) is 6.63. The lowest BCUT2D eigenvalue weighted by Crippen LogP contribution is -2.32. The Morgan fingerprint density at radius 3 is 2.63 bits per heavy atom. The van der Waals surface area contributed by atoms with E-state index in [0.717, 1.165) is 31.1 Å². The average molecular weight is 269 g/mol. The van der Waals surface area contributed by atoms with E-state index in [1.807, 2.05) is 6.07 Å². The van der Waals surface area contributed by atoms with E-state index in [4.69, 9.17) is 0 Å². The Labute approximate surface area is 111 Å². The summed E-state index contributed by atoms with van der Waals surface area (Å²) in [4.78, 5) is 2.34. The second-order valence-electron chi connectivity index (χ2n) is 5.41. The van der Waals surface area contributed by atoms with Gasteiger partial charge in [0, 0.05) is 6.54 Å². The summed E-state index contributed by atoms with van der Waals surface area (Å²) >= 11 is 0. The van der Waals surface area contributed by atoms with Gasteiger partial charge in [0.25, 0.3) is 0 Å². The SMILES string of the molecule is CC1CCN(Cc2ccc3c(c2)OC(F)(F)O3)CC1. The van der Waals surface area contributed by atoms with Crippen LogP contribution in [0.5, 0.6) is 11.5 Å². The highest BCUT2D eigenvalue weighted by atomic mass is 19.3. The van der Waals surface area contributed by atoms with E-state index in [-0.39, 0.29) is 11.5 Å². The summed E-state index contributed by atoms with van der Waals surface area (Å²) in [6, 6.07) is 5.02. The summed E-state index contributed by atoms with van der Waals surface area (Å²) in [7, 11) is 0. The molecule has 0 amide bonds. The molecule has 2 aliphatic heterocycles. The van der Waals surface area contributed by atoms with Crippen molar-refractivity contribution in [3.05, 3.63) is 23.8 Å². The molecule has 3 rings (SSSR count). The lowest BCUT2D eigenvalue weighted by atomic mass is 9.99.